The third-order valence-corrected chi connectivity index (χ3v) is 4.64. The van der Waals surface area contributed by atoms with E-state index in [1.807, 2.05) is 55.6 Å². The molecular weight excluding hydrogens is 336 g/mol. The molecule has 2 aliphatic heterocycles. The minimum Gasteiger partial charge on any atom is -0.454 e. The van der Waals surface area contributed by atoms with Gasteiger partial charge in [-0.05, 0) is 49.1 Å². The summed E-state index contributed by atoms with van der Waals surface area (Å²) in [5, 5.41) is 0.667. The Morgan fingerprint density at radius 1 is 1.12 bits per heavy atom. The Labute approximate surface area is 150 Å². The Morgan fingerprint density at radius 3 is 2.64 bits per heavy atom. The van der Waals surface area contributed by atoms with Gasteiger partial charge in [-0.1, -0.05) is 35.5 Å². The van der Waals surface area contributed by atoms with Crippen LogP contribution in [0, 0.1) is 6.92 Å². The van der Waals surface area contributed by atoms with Crippen molar-refractivity contribution in [2.75, 3.05) is 17.9 Å². The van der Waals surface area contributed by atoms with Crippen molar-refractivity contribution in [3.8, 4) is 11.5 Å². The maximum absolute atomic E-state index is 12.9. The number of hydrogen-bond donors (Lipinski definition) is 0. The Kier molecular flexibility index (Phi) is 3.97. The van der Waals surface area contributed by atoms with Crippen LogP contribution in [0.2, 0.25) is 0 Å². The summed E-state index contributed by atoms with van der Waals surface area (Å²) in [6, 6.07) is 13.4. The highest BCUT2D eigenvalue weighted by Crippen LogP contribution is 2.34. The maximum Gasteiger partial charge on any atom is 0.283 e. The normalized spacial score (nSPS) is 17.4. The van der Waals surface area contributed by atoms with Gasteiger partial charge in [-0.15, -0.1) is 0 Å². The molecule has 2 heterocycles. The predicted molar refractivity (Wildman–Crippen MR) is 100 cm³/mol. The van der Waals surface area contributed by atoms with Crippen LogP contribution in [0.3, 0.4) is 0 Å². The second kappa shape index (κ2) is 6.29. The van der Waals surface area contributed by atoms with Gasteiger partial charge in [-0.3, -0.25) is 9.69 Å². The van der Waals surface area contributed by atoms with E-state index in [0.717, 1.165) is 22.6 Å². The zero-order valence-corrected chi connectivity index (χ0v) is 14.7. The molecule has 0 bridgehead atoms. The van der Waals surface area contributed by atoms with Gasteiger partial charge in [-0.25, -0.2) is 4.99 Å². The molecule has 2 aromatic carbocycles. The summed E-state index contributed by atoms with van der Waals surface area (Å²) >= 11 is 1.45. The van der Waals surface area contributed by atoms with Crippen molar-refractivity contribution in [2.24, 2.45) is 4.99 Å². The van der Waals surface area contributed by atoms with Gasteiger partial charge in [-0.2, -0.15) is 0 Å². The lowest BCUT2D eigenvalue weighted by molar-refractivity contribution is -0.113. The minimum absolute atomic E-state index is 0.133. The molecule has 0 atom stereocenters. The van der Waals surface area contributed by atoms with Gasteiger partial charge in [0.2, 0.25) is 6.79 Å². The number of hydrogen-bond acceptors (Lipinski definition) is 5. The van der Waals surface area contributed by atoms with Gasteiger partial charge in [0.1, 0.15) is 5.70 Å². The summed E-state index contributed by atoms with van der Waals surface area (Å²) in [5.41, 5.74) is 3.22. The molecule has 4 rings (SSSR count). The van der Waals surface area contributed by atoms with Crippen molar-refractivity contribution in [2.45, 2.75) is 6.92 Å². The third kappa shape index (κ3) is 2.89. The zero-order chi connectivity index (χ0) is 17.4. The first-order valence-corrected chi connectivity index (χ1v) is 9.03. The van der Waals surface area contributed by atoms with E-state index >= 15 is 0 Å². The Hall–Kier alpha value is -2.73. The van der Waals surface area contributed by atoms with E-state index < -0.39 is 0 Å². The minimum atomic E-state index is -0.133. The lowest BCUT2D eigenvalue weighted by atomic mass is 10.1. The first-order valence-electron chi connectivity index (χ1n) is 7.81. The summed E-state index contributed by atoms with van der Waals surface area (Å²) in [4.78, 5) is 19.0. The highest BCUT2D eigenvalue weighted by molar-refractivity contribution is 8.13. The number of thioether (sulfide) groups is 1. The van der Waals surface area contributed by atoms with Crippen molar-refractivity contribution in [1.29, 1.82) is 0 Å². The summed E-state index contributed by atoms with van der Waals surface area (Å²) in [5.74, 6) is 1.27. The molecule has 0 aliphatic carbocycles. The smallest absolute Gasteiger partial charge is 0.283 e. The van der Waals surface area contributed by atoms with Crippen LogP contribution in [0.1, 0.15) is 11.1 Å². The van der Waals surface area contributed by atoms with E-state index in [1.54, 1.807) is 11.0 Å². The lowest BCUT2D eigenvalue weighted by Crippen LogP contribution is -2.29. The summed E-state index contributed by atoms with van der Waals surface area (Å²) in [6.07, 6.45) is 3.69. The summed E-state index contributed by atoms with van der Waals surface area (Å²) in [7, 11) is 0. The van der Waals surface area contributed by atoms with E-state index in [4.69, 9.17) is 9.47 Å². The number of ether oxygens (including phenoxy) is 2. The van der Waals surface area contributed by atoms with E-state index in [0.29, 0.717) is 16.6 Å². The highest BCUT2D eigenvalue weighted by Gasteiger charge is 2.31. The number of carbonyl (C=O) groups excluding carboxylic acids is 1. The van der Waals surface area contributed by atoms with E-state index in [9.17, 15) is 4.79 Å². The predicted octanol–water partition coefficient (Wildman–Crippen LogP) is 3.83. The molecule has 5 nitrogen and oxygen atoms in total. The fourth-order valence-electron chi connectivity index (χ4n) is 2.72. The van der Waals surface area contributed by atoms with E-state index in [1.165, 1.54) is 11.8 Å². The molecule has 2 aliphatic rings. The molecule has 2 aromatic rings. The van der Waals surface area contributed by atoms with Gasteiger partial charge in [0.15, 0.2) is 16.7 Å². The molecule has 0 unspecified atom stereocenters. The Bertz CT molecular complexity index is 903. The van der Waals surface area contributed by atoms with Crippen molar-refractivity contribution in [1.82, 2.24) is 0 Å². The Balaban J connectivity index is 1.68. The third-order valence-electron chi connectivity index (χ3n) is 4.00. The molecule has 0 spiro atoms. The van der Waals surface area contributed by atoms with Gasteiger partial charge in [0.25, 0.3) is 5.91 Å². The van der Waals surface area contributed by atoms with Crippen LogP contribution in [0.5, 0.6) is 11.5 Å². The van der Waals surface area contributed by atoms with Crippen LogP contribution in [0.4, 0.5) is 5.69 Å². The molecule has 0 saturated heterocycles. The van der Waals surface area contributed by atoms with Crippen molar-refractivity contribution in [3.63, 3.8) is 0 Å². The second-order valence-electron chi connectivity index (χ2n) is 5.72. The van der Waals surface area contributed by atoms with Crippen LogP contribution in [-0.4, -0.2) is 24.1 Å². The van der Waals surface area contributed by atoms with Crippen LogP contribution in [0.25, 0.3) is 6.08 Å². The number of anilines is 1. The molecule has 25 heavy (non-hydrogen) atoms. The molecule has 126 valence electrons. The first-order chi connectivity index (χ1) is 12.2. The molecular formula is C19H16N2O3S. The monoisotopic (exact) mass is 352 g/mol. The van der Waals surface area contributed by atoms with E-state index in [2.05, 4.69) is 4.99 Å². The zero-order valence-electron chi connectivity index (χ0n) is 13.9. The maximum atomic E-state index is 12.9. The van der Waals surface area contributed by atoms with Crippen molar-refractivity contribution < 1.29 is 14.3 Å². The number of amidine groups is 1. The molecule has 1 amide bonds. The molecule has 0 aromatic heterocycles. The van der Waals surface area contributed by atoms with Gasteiger partial charge in [0.05, 0.1) is 5.69 Å². The molecule has 0 radical (unpaired) electrons. The number of carbonyl (C=O) groups is 1. The largest absolute Gasteiger partial charge is 0.454 e. The number of fused-ring (bicyclic) bond motifs is 1. The summed E-state index contributed by atoms with van der Waals surface area (Å²) < 4.78 is 10.7. The SMILES string of the molecule is CSC1=N/C(=C/c2ccc3c(c2)OCO3)C(=O)N1c1ccc(C)cc1. The number of nitrogens with zero attached hydrogens (tertiary/aromatic N) is 2. The van der Waals surface area contributed by atoms with Gasteiger partial charge in [0, 0.05) is 0 Å². The molecule has 0 saturated carbocycles. The average molecular weight is 352 g/mol. The number of aliphatic imine (C=N–C) groups is 1. The number of amides is 1. The fourth-order valence-corrected chi connectivity index (χ4v) is 3.28. The molecule has 6 heteroatoms. The highest BCUT2D eigenvalue weighted by atomic mass is 32.2. The summed E-state index contributed by atoms with van der Waals surface area (Å²) in [6.45, 7) is 2.24. The topological polar surface area (TPSA) is 51.1 Å². The van der Waals surface area contributed by atoms with Gasteiger partial charge >= 0.3 is 0 Å². The number of rotatable bonds is 2. The number of benzene rings is 2. The van der Waals surface area contributed by atoms with Crippen molar-refractivity contribution in [3.05, 3.63) is 59.3 Å². The standard InChI is InChI=1S/C19H16N2O3S/c1-12-3-6-14(7-4-12)21-18(22)15(20-19(21)25-2)9-13-5-8-16-17(10-13)24-11-23-16/h3-10H,11H2,1-2H3/b15-9+. The van der Waals surface area contributed by atoms with Crippen LogP contribution < -0.4 is 14.4 Å². The fraction of sp³-hybridized carbons (Fsp3) is 0.158. The molecule has 0 N–H and O–H groups in total. The lowest BCUT2D eigenvalue weighted by Gasteiger charge is -2.16. The Morgan fingerprint density at radius 2 is 1.88 bits per heavy atom. The average Bonchev–Trinajstić information content (AvgIpc) is 3.20. The first kappa shape index (κ1) is 15.8. The van der Waals surface area contributed by atoms with Crippen molar-refractivity contribution >= 4 is 34.6 Å². The quantitative estimate of drug-likeness (QED) is 0.771. The molecule has 0 fully saturated rings. The van der Waals surface area contributed by atoms with Crippen LogP contribution in [0.15, 0.2) is 53.2 Å². The van der Waals surface area contributed by atoms with Gasteiger partial charge < -0.3 is 9.47 Å². The van der Waals surface area contributed by atoms with Crippen LogP contribution >= 0.6 is 11.8 Å². The van der Waals surface area contributed by atoms with E-state index in [-0.39, 0.29) is 12.7 Å². The second-order valence-corrected chi connectivity index (χ2v) is 6.49. The number of aryl methyl sites for hydroxylation is 1. The van der Waals surface area contributed by atoms with Crippen LogP contribution in [-0.2, 0) is 4.79 Å².